The Morgan fingerprint density at radius 3 is 2.38 bits per heavy atom. The second-order valence-electron chi connectivity index (χ2n) is 4.16. The van der Waals surface area contributed by atoms with Crippen molar-refractivity contribution in [1.29, 1.82) is 0 Å². The third-order valence-corrected chi connectivity index (χ3v) is 3.51. The molecule has 3 N–H and O–H groups in total. The molecule has 0 heterocycles. The fraction of sp³-hybridized carbons (Fsp3) is 0. The number of rotatable bonds is 3. The van der Waals surface area contributed by atoms with Crippen molar-refractivity contribution in [2.24, 2.45) is 5.14 Å². The van der Waals surface area contributed by atoms with E-state index in [-0.39, 0.29) is 16.1 Å². The second-order valence-corrected chi connectivity index (χ2v) is 5.72. The summed E-state index contributed by atoms with van der Waals surface area (Å²) in [6.07, 6.45) is 0. The summed E-state index contributed by atoms with van der Waals surface area (Å²) in [5.41, 5.74) is 0.0613. The standard InChI is InChI=1S/C13H10F2N2O3S/c14-11-5-4-8(6-12(11)15)13(18)17-9-2-1-3-10(7-9)21(16,19)20/h1-7H,(H,17,18)(H2,16,19,20). The van der Waals surface area contributed by atoms with Gasteiger partial charge >= 0.3 is 0 Å². The van der Waals surface area contributed by atoms with Crippen molar-refractivity contribution in [2.45, 2.75) is 4.90 Å². The summed E-state index contributed by atoms with van der Waals surface area (Å²) in [5, 5.41) is 7.34. The lowest BCUT2D eigenvalue weighted by Crippen LogP contribution is -2.15. The van der Waals surface area contributed by atoms with Gasteiger partial charge in [0.1, 0.15) is 0 Å². The highest BCUT2D eigenvalue weighted by molar-refractivity contribution is 7.89. The van der Waals surface area contributed by atoms with E-state index in [9.17, 15) is 22.0 Å². The lowest BCUT2D eigenvalue weighted by atomic mass is 10.2. The van der Waals surface area contributed by atoms with E-state index < -0.39 is 27.6 Å². The zero-order chi connectivity index (χ0) is 15.6. The molecule has 0 radical (unpaired) electrons. The molecule has 1 amide bonds. The van der Waals surface area contributed by atoms with Gasteiger partial charge in [-0.1, -0.05) is 6.07 Å². The molecule has 0 aromatic heterocycles. The molecule has 21 heavy (non-hydrogen) atoms. The Balaban J connectivity index is 2.25. The molecule has 0 atom stereocenters. The fourth-order valence-corrected chi connectivity index (χ4v) is 2.15. The molecule has 0 fully saturated rings. The summed E-state index contributed by atoms with van der Waals surface area (Å²) in [5.74, 6) is -2.93. The van der Waals surface area contributed by atoms with Crippen LogP contribution in [0.2, 0.25) is 0 Å². The second kappa shape index (κ2) is 5.58. The van der Waals surface area contributed by atoms with Crippen LogP contribution in [0.1, 0.15) is 10.4 Å². The van der Waals surface area contributed by atoms with Gasteiger partial charge in [-0.3, -0.25) is 4.79 Å². The largest absolute Gasteiger partial charge is 0.322 e. The zero-order valence-electron chi connectivity index (χ0n) is 10.5. The molecule has 0 saturated carbocycles. The molecule has 0 spiro atoms. The number of primary sulfonamides is 1. The van der Waals surface area contributed by atoms with Crippen molar-refractivity contribution < 1.29 is 22.0 Å². The Bertz CT molecular complexity index is 807. The van der Waals surface area contributed by atoms with Gasteiger partial charge in [-0.25, -0.2) is 22.3 Å². The van der Waals surface area contributed by atoms with E-state index >= 15 is 0 Å². The number of benzene rings is 2. The number of carbonyl (C=O) groups excluding carboxylic acids is 1. The molecule has 0 aliphatic carbocycles. The third kappa shape index (κ3) is 3.61. The monoisotopic (exact) mass is 312 g/mol. The van der Waals surface area contributed by atoms with Gasteiger partial charge in [0.05, 0.1) is 4.90 Å². The van der Waals surface area contributed by atoms with Crippen LogP contribution in [0.15, 0.2) is 47.4 Å². The molecular weight excluding hydrogens is 302 g/mol. The van der Waals surface area contributed by atoms with Crippen molar-refractivity contribution in [3.05, 3.63) is 59.7 Å². The molecule has 8 heteroatoms. The minimum Gasteiger partial charge on any atom is -0.322 e. The number of hydrogen-bond acceptors (Lipinski definition) is 3. The number of sulfonamides is 1. The highest BCUT2D eigenvalue weighted by Gasteiger charge is 2.12. The van der Waals surface area contributed by atoms with Crippen LogP contribution >= 0.6 is 0 Å². The van der Waals surface area contributed by atoms with Crippen LogP contribution in [-0.4, -0.2) is 14.3 Å². The molecule has 0 saturated heterocycles. The first kappa shape index (κ1) is 15.1. The van der Waals surface area contributed by atoms with Gasteiger partial charge in [-0.15, -0.1) is 0 Å². The van der Waals surface area contributed by atoms with Crippen molar-refractivity contribution in [2.75, 3.05) is 5.32 Å². The van der Waals surface area contributed by atoms with E-state index in [1.54, 1.807) is 0 Å². The first-order chi connectivity index (χ1) is 9.77. The van der Waals surface area contributed by atoms with Gasteiger partial charge in [-0.2, -0.15) is 0 Å². The molecular formula is C13H10F2N2O3S. The topological polar surface area (TPSA) is 89.3 Å². The van der Waals surface area contributed by atoms with Crippen molar-refractivity contribution in [1.82, 2.24) is 0 Å². The average molecular weight is 312 g/mol. The summed E-state index contributed by atoms with van der Waals surface area (Å²) < 4.78 is 48.2. The Morgan fingerprint density at radius 2 is 1.76 bits per heavy atom. The maximum atomic E-state index is 13.0. The number of anilines is 1. The van der Waals surface area contributed by atoms with Crippen LogP contribution < -0.4 is 10.5 Å². The molecule has 110 valence electrons. The van der Waals surface area contributed by atoms with Crippen LogP contribution in [0.5, 0.6) is 0 Å². The Labute approximate surface area is 119 Å². The summed E-state index contributed by atoms with van der Waals surface area (Å²) >= 11 is 0. The normalized spacial score (nSPS) is 11.2. The molecule has 2 aromatic rings. The van der Waals surface area contributed by atoms with Gasteiger partial charge < -0.3 is 5.32 Å². The first-order valence-corrected chi connectivity index (χ1v) is 7.21. The third-order valence-electron chi connectivity index (χ3n) is 2.60. The zero-order valence-corrected chi connectivity index (χ0v) is 11.3. The predicted octanol–water partition coefficient (Wildman–Crippen LogP) is 1.86. The smallest absolute Gasteiger partial charge is 0.255 e. The van der Waals surface area contributed by atoms with Crippen LogP contribution in [0, 0.1) is 11.6 Å². The van der Waals surface area contributed by atoms with Gasteiger partial charge in [0.15, 0.2) is 11.6 Å². The highest BCUT2D eigenvalue weighted by Crippen LogP contribution is 2.16. The van der Waals surface area contributed by atoms with Gasteiger partial charge in [0.25, 0.3) is 5.91 Å². The highest BCUT2D eigenvalue weighted by atomic mass is 32.2. The minimum absolute atomic E-state index is 0.102. The number of nitrogens with two attached hydrogens (primary N) is 1. The number of nitrogens with one attached hydrogen (secondary N) is 1. The van der Waals surface area contributed by atoms with E-state index in [1.165, 1.54) is 18.2 Å². The Morgan fingerprint density at radius 1 is 1.05 bits per heavy atom. The van der Waals surface area contributed by atoms with Gasteiger partial charge in [0, 0.05) is 11.3 Å². The molecule has 0 aliphatic rings. The minimum atomic E-state index is -3.90. The van der Waals surface area contributed by atoms with Crippen LogP contribution in [0.4, 0.5) is 14.5 Å². The van der Waals surface area contributed by atoms with Crippen molar-refractivity contribution >= 4 is 21.6 Å². The number of carbonyl (C=O) groups is 1. The Hall–Kier alpha value is -2.32. The maximum absolute atomic E-state index is 13.0. The first-order valence-electron chi connectivity index (χ1n) is 5.66. The van der Waals surface area contributed by atoms with E-state index in [1.807, 2.05) is 0 Å². The molecule has 0 bridgehead atoms. The number of hydrogen-bond donors (Lipinski definition) is 2. The van der Waals surface area contributed by atoms with Crippen molar-refractivity contribution in [3.63, 3.8) is 0 Å². The quantitative estimate of drug-likeness (QED) is 0.906. The molecule has 0 unspecified atom stereocenters. The number of amides is 1. The van der Waals surface area contributed by atoms with Crippen LogP contribution in [0.25, 0.3) is 0 Å². The van der Waals surface area contributed by atoms with Gasteiger partial charge in [0.2, 0.25) is 10.0 Å². The predicted molar refractivity (Wildman–Crippen MR) is 72.1 cm³/mol. The summed E-state index contributed by atoms with van der Waals surface area (Å²) in [7, 11) is -3.90. The maximum Gasteiger partial charge on any atom is 0.255 e. The van der Waals surface area contributed by atoms with E-state index in [4.69, 9.17) is 5.14 Å². The summed E-state index contributed by atoms with van der Waals surface area (Å²) in [4.78, 5) is 11.7. The van der Waals surface area contributed by atoms with Crippen molar-refractivity contribution in [3.8, 4) is 0 Å². The van der Waals surface area contributed by atoms with Gasteiger partial charge in [-0.05, 0) is 36.4 Å². The number of halogens is 2. The van der Waals surface area contributed by atoms with E-state index in [0.717, 1.165) is 24.3 Å². The summed E-state index contributed by atoms with van der Waals surface area (Å²) in [6.45, 7) is 0. The van der Waals surface area contributed by atoms with E-state index in [2.05, 4.69) is 5.32 Å². The Kier molecular flexibility index (Phi) is 4.01. The van der Waals surface area contributed by atoms with Crippen LogP contribution in [-0.2, 0) is 10.0 Å². The average Bonchev–Trinajstić information content (AvgIpc) is 2.41. The lowest BCUT2D eigenvalue weighted by molar-refractivity contribution is 0.102. The fourth-order valence-electron chi connectivity index (χ4n) is 1.59. The van der Waals surface area contributed by atoms with Crippen LogP contribution in [0.3, 0.4) is 0 Å². The molecule has 0 aliphatic heterocycles. The molecule has 5 nitrogen and oxygen atoms in total. The molecule has 2 rings (SSSR count). The van der Waals surface area contributed by atoms with E-state index in [0.29, 0.717) is 0 Å². The molecule has 2 aromatic carbocycles. The lowest BCUT2D eigenvalue weighted by Gasteiger charge is -2.07. The SMILES string of the molecule is NS(=O)(=O)c1cccc(NC(=O)c2ccc(F)c(F)c2)c1. The summed E-state index contributed by atoms with van der Waals surface area (Å²) in [6, 6.07) is 7.93.